The first-order chi connectivity index (χ1) is 11.2. The number of nitrogens with zero attached hydrogens (tertiary/aromatic N) is 2. The quantitative estimate of drug-likeness (QED) is 0.721. The Hall–Kier alpha value is -1.94. The van der Waals surface area contributed by atoms with Crippen molar-refractivity contribution in [1.29, 1.82) is 0 Å². The third-order valence-electron chi connectivity index (χ3n) is 4.49. The summed E-state index contributed by atoms with van der Waals surface area (Å²) in [5.74, 6) is 1.90. The van der Waals surface area contributed by atoms with Gasteiger partial charge in [0, 0.05) is 17.0 Å². The van der Waals surface area contributed by atoms with Gasteiger partial charge in [0.2, 0.25) is 0 Å². The molecule has 118 valence electrons. The zero-order valence-electron chi connectivity index (χ0n) is 13.6. The van der Waals surface area contributed by atoms with Gasteiger partial charge in [-0.2, -0.15) is 0 Å². The summed E-state index contributed by atoms with van der Waals surface area (Å²) in [5, 5.41) is 4.79. The molecule has 0 fully saturated rings. The molecule has 0 amide bonds. The Morgan fingerprint density at radius 3 is 2.65 bits per heavy atom. The van der Waals surface area contributed by atoms with Crippen molar-refractivity contribution in [2.24, 2.45) is 0 Å². The number of rotatable bonds is 3. The highest BCUT2D eigenvalue weighted by Crippen LogP contribution is 2.39. The van der Waals surface area contributed by atoms with Gasteiger partial charge in [-0.1, -0.05) is 24.6 Å². The van der Waals surface area contributed by atoms with Crippen LogP contribution in [0.25, 0.3) is 10.2 Å². The van der Waals surface area contributed by atoms with Crippen LogP contribution < -0.4 is 5.32 Å². The molecule has 3 nitrogen and oxygen atoms in total. The number of benzene rings is 1. The lowest BCUT2D eigenvalue weighted by atomic mass is 9.97. The molecule has 1 aliphatic carbocycles. The Balaban J connectivity index is 1.85. The summed E-state index contributed by atoms with van der Waals surface area (Å²) in [5.41, 5.74) is 3.84. The maximum absolute atomic E-state index is 4.80. The van der Waals surface area contributed by atoms with E-state index in [1.54, 1.807) is 0 Å². The van der Waals surface area contributed by atoms with Gasteiger partial charge in [0.25, 0.3) is 0 Å². The molecule has 1 aliphatic rings. The largest absolute Gasteiger partial charge is 0.340 e. The first kappa shape index (κ1) is 14.6. The highest BCUT2D eigenvalue weighted by molar-refractivity contribution is 7.19. The third-order valence-corrected chi connectivity index (χ3v) is 5.68. The highest BCUT2D eigenvalue weighted by Gasteiger charge is 2.21. The predicted octanol–water partition coefficient (Wildman–Crippen LogP) is 5.18. The number of fused-ring (bicyclic) bond motifs is 3. The van der Waals surface area contributed by atoms with Crippen LogP contribution >= 0.6 is 11.3 Å². The van der Waals surface area contributed by atoms with E-state index in [0.717, 1.165) is 35.0 Å². The monoisotopic (exact) mass is 323 g/mol. The van der Waals surface area contributed by atoms with Gasteiger partial charge in [-0.05, 0) is 50.3 Å². The molecule has 4 rings (SSSR count). The Morgan fingerprint density at radius 2 is 1.87 bits per heavy atom. The van der Waals surface area contributed by atoms with Crippen LogP contribution in [0.2, 0.25) is 0 Å². The molecule has 0 radical (unpaired) electrons. The first-order valence-corrected chi connectivity index (χ1v) is 9.21. The van der Waals surface area contributed by atoms with E-state index in [2.05, 4.69) is 43.4 Å². The van der Waals surface area contributed by atoms with Gasteiger partial charge in [0.05, 0.1) is 5.39 Å². The standard InChI is InChI=1S/C19H21N3S/c1-3-16-21-18(20-13-10-8-12(2)9-11-13)17-14-6-4-5-7-15(14)23-19(17)22-16/h8-11H,3-7H2,1-2H3,(H,20,21,22). The second-order valence-corrected chi connectivity index (χ2v) is 7.31. The second-order valence-electron chi connectivity index (χ2n) is 6.22. The summed E-state index contributed by atoms with van der Waals surface area (Å²) in [7, 11) is 0. The molecule has 0 saturated carbocycles. The molecule has 0 unspecified atom stereocenters. The average Bonchev–Trinajstić information content (AvgIpc) is 2.95. The molecule has 2 heterocycles. The molecule has 4 heteroatoms. The molecule has 0 saturated heterocycles. The zero-order valence-corrected chi connectivity index (χ0v) is 14.5. The van der Waals surface area contributed by atoms with E-state index >= 15 is 0 Å². The highest BCUT2D eigenvalue weighted by atomic mass is 32.1. The summed E-state index contributed by atoms with van der Waals surface area (Å²) in [4.78, 5) is 12.3. The van der Waals surface area contributed by atoms with E-state index in [1.807, 2.05) is 11.3 Å². The van der Waals surface area contributed by atoms with Crippen LogP contribution in [0.4, 0.5) is 11.5 Å². The van der Waals surface area contributed by atoms with Gasteiger partial charge in [-0.3, -0.25) is 0 Å². The molecule has 1 N–H and O–H groups in total. The molecule has 0 aliphatic heterocycles. The van der Waals surface area contributed by atoms with Gasteiger partial charge in [0.1, 0.15) is 16.5 Å². The number of hydrogen-bond acceptors (Lipinski definition) is 4. The maximum atomic E-state index is 4.80. The smallest absolute Gasteiger partial charge is 0.143 e. The van der Waals surface area contributed by atoms with E-state index in [-0.39, 0.29) is 0 Å². The van der Waals surface area contributed by atoms with Gasteiger partial charge >= 0.3 is 0 Å². The number of nitrogens with one attached hydrogen (secondary N) is 1. The van der Waals surface area contributed by atoms with E-state index in [1.165, 1.54) is 40.7 Å². The van der Waals surface area contributed by atoms with E-state index < -0.39 is 0 Å². The number of aryl methyl sites for hydroxylation is 4. The van der Waals surface area contributed by atoms with Crippen LogP contribution in [0, 0.1) is 6.92 Å². The van der Waals surface area contributed by atoms with Crippen LogP contribution in [0.1, 0.15) is 41.6 Å². The van der Waals surface area contributed by atoms with Crippen molar-refractivity contribution in [2.45, 2.75) is 46.0 Å². The second kappa shape index (κ2) is 5.93. The number of thiophene rings is 1. The van der Waals surface area contributed by atoms with Crippen LogP contribution in [0.3, 0.4) is 0 Å². The minimum Gasteiger partial charge on any atom is -0.340 e. The summed E-state index contributed by atoms with van der Waals surface area (Å²) < 4.78 is 0. The molecular formula is C19H21N3S. The fraction of sp³-hybridized carbons (Fsp3) is 0.368. The normalized spacial score (nSPS) is 14.0. The van der Waals surface area contributed by atoms with Crippen molar-refractivity contribution in [2.75, 3.05) is 5.32 Å². The third kappa shape index (κ3) is 2.72. The van der Waals surface area contributed by atoms with Gasteiger partial charge in [-0.25, -0.2) is 9.97 Å². The number of aromatic nitrogens is 2. The molecule has 0 bridgehead atoms. The Morgan fingerprint density at radius 1 is 1.09 bits per heavy atom. The van der Waals surface area contributed by atoms with Crippen molar-refractivity contribution in [3.8, 4) is 0 Å². The van der Waals surface area contributed by atoms with E-state index in [9.17, 15) is 0 Å². The lowest BCUT2D eigenvalue weighted by molar-refractivity contribution is 0.700. The summed E-state index contributed by atoms with van der Waals surface area (Å²) >= 11 is 1.87. The summed E-state index contributed by atoms with van der Waals surface area (Å²) in [6.45, 7) is 4.22. The first-order valence-electron chi connectivity index (χ1n) is 8.39. The summed E-state index contributed by atoms with van der Waals surface area (Å²) in [6.07, 6.45) is 5.79. The molecule has 23 heavy (non-hydrogen) atoms. The topological polar surface area (TPSA) is 37.8 Å². The van der Waals surface area contributed by atoms with Crippen molar-refractivity contribution < 1.29 is 0 Å². The van der Waals surface area contributed by atoms with Crippen molar-refractivity contribution in [3.05, 3.63) is 46.1 Å². The van der Waals surface area contributed by atoms with Crippen molar-refractivity contribution >= 4 is 33.1 Å². The molecule has 1 aromatic carbocycles. The fourth-order valence-corrected chi connectivity index (χ4v) is 4.50. The van der Waals surface area contributed by atoms with Crippen LogP contribution in [0.15, 0.2) is 24.3 Å². The number of hydrogen-bond donors (Lipinski definition) is 1. The van der Waals surface area contributed by atoms with Gasteiger partial charge in [0.15, 0.2) is 0 Å². The van der Waals surface area contributed by atoms with Crippen LogP contribution in [-0.4, -0.2) is 9.97 Å². The van der Waals surface area contributed by atoms with Crippen LogP contribution in [0.5, 0.6) is 0 Å². The summed E-state index contributed by atoms with van der Waals surface area (Å²) in [6, 6.07) is 8.50. The van der Waals surface area contributed by atoms with E-state index in [0.29, 0.717) is 0 Å². The average molecular weight is 323 g/mol. The zero-order chi connectivity index (χ0) is 15.8. The van der Waals surface area contributed by atoms with Crippen molar-refractivity contribution in [3.63, 3.8) is 0 Å². The molecule has 3 aromatic rings. The molecule has 0 spiro atoms. The Bertz CT molecular complexity index is 849. The minimum atomic E-state index is 0.862. The lowest BCUT2D eigenvalue weighted by Crippen LogP contribution is -2.03. The SMILES string of the molecule is CCc1nc(Nc2ccc(C)cc2)c2c3c(sc2n1)CCCC3. The van der Waals surface area contributed by atoms with Gasteiger partial charge in [-0.15, -0.1) is 11.3 Å². The molecule has 0 atom stereocenters. The predicted molar refractivity (Wildman–Crippen MR) is 97.9 cm³/mol. The molecule has 2 aromatic heterocycles. The minimum absolute atomic E-state index is 0.862. The van der Waals surface area contributed by atoms with Crippen LogP contribution in [-0.2, 0) is 19.3 Å². The van der Waals surface area contributed by atoms with Crippen molar-refractivity contribution in [1.82, 2.24) is 9.97 Å². The Kier molecular flexibility index (Phi) is 3.77. The maximum Gasteiger partial charge on any atom is 0.143 e. The molecular weight excluding hydrogens is 302 g/mol. The number of anilines is 2. The lowest BCUT2D eigenvalue weighted by Gasteiger charge is -2.13. The van der Waals surface area contributed by atoms with E-state index in [4.69, 9.17) is 9.97 Å². The fourth-order valence-electron chi connectivity index (χ4n) is 3.22. The van der Waals surface area contributed by atoms with Gasteiger partial charge < -0.3 is 5.32 Å². The Labute approximate surface area is 140 Å².